The summed E-state index contributed by atoms with van der Waals surface area (Å²) in [6.07, 6.45) is 2.24. The van der Waals surface area contributed by atoms with Crippen LogP contribution in [0.5, 0.6) is 5.75 Å². The van der Waals surface area contributed by atoms with Crippen LogP contribution in [-0.2, 0) is 0 Å². The lowest BCUT2D eigenvalue weighted by atomic mass is 10.1. The molecule has 0 unspecified atom stereocenters. The van der Waals surface area contributed by atoms with E-state index in [0.29, 0.717) is 47.7 Å². The number of nitrogens with one attached hydrogen (secondary N) is 1. The molecule has 0 spiro atoms. The van der Waals surface area contributed by atoms with Crippen molar-refractivity contribution >= 4 is 29.3 Å². The van der Waals surface area contributed by atoms with Crippen molar-refractivity contribution in [1.29, 1.82) is 0 Å². The number of urea groups is 1. The summed E-state index contributed by atoms with van der Waals surface area (Å²) >= 11 is 6.09. The molecule has 27 heavy (non-hydrogen) atoms. The van der Waals surface area contributed by atoms with Crippen LogP contribution in [0, 0.1) is 0 Å². The highest BCUT2D eigenvalue weighted by Gasteiger charge is 2.25. The number of amides is 2. The minimum absolute atomic E-state index is 0.335. The van der Waals surface area contributed by atoms with Gasteiger partial charge in [-0.3, -0.25) is 10.2 Å². The molecule has 8 heteroatoms. The summed E-state index contributed by atoms with van der Waals surface area (Å²) < 4.78 is 5.76. The molecule has 3 aromatic rings. The zero-order valence-corrected chi connectivity index (χ0v) is 15.1. The van der Waals surface area contributed by atoms with Crippen molar-refractivity contribution in [3.05, 3.63) is 59.8 Å². The molecule has 0 bridgehead atoms. The third-order valence-corrected chi connectivity index (χ3v) is 4.29. The average Bonchev–Trinajstić information content (AvgIpc) is 2.90. The number of carbonyl (C=O) groups is 1. The second-order valence-electron chi connectivity index (χ2n) is 5.92. The summed E-state index contributed by atoms with van der Waals surface area (Å²) in [6, 6.07) is 14.1. The van der Waals surface area contributed by atoms with Crippen LogP contribution in [0.3, 0.4) is 0 Å². The summed E-state index contributed by atoms with van der Waals surface area (Å²) in [4.78, 5) is 19.1. The minimum atomic E-state index is -0.335. The zero-order chi connectivity index (χ0) is 18.6. The van der Waals surface area contributed by atoms with Gasteiger partial charge in [0.25, 0.3) is 0 Å². The number of hydrogen-bond acceptors (Lipinski definition) is 5. The van der Waals surface area contributed by atoms with Gasteiger partial charge in [-0.1, -0.05) is 23.7 Å². The Balaban J connectivity index is 1.69. The number of benzene rings is 1. The summed E-state index contributed by atoms with van der Waals surface area (Å²) in [5.41, 5.74) is 1.57. The van der Waals surface area contributed by atoms with Crippen molar-refractivity contribution in [3.8, 4) is 17.0 Å². The quantitative estimate of drug-likeness (QED) is 0.725. The summed E-state index contributed by atoms with van der Waals surface area (Å²) in [5, 5.41) is 11.0. The van der Waals surface area contributed by atoms with Crippen LogP contribution in [0.25, 0.3) is 11.3 Å². The highest BCUT2D eigenvalue weighted by Crippen LogP contribution is 2.33. The van der Waals surface area contributed by atoms with Gasteiger partial charge >= 0.3 is 6.03 Å². The normalized spacial score (nSPS) is 13.3. The zero-order valence-electron chi connectivity index (χ0n) is 14.3. The van der Waals surface area contributed by atoms with Crippen LogP contribution in [-0.4, -0.2) is 34.4 Å². The van der Waals surface area contributed by atoms with Gasteiger partial charge in [0, 0.05) is 23.3 Å². The lowest BCUT2D eigenvalue weighted by Gasteiger charge is -2.21. The Morgan fingerprint density at radius 3 is 2.93 bits per heavy atom. The Morgan fingerprint density at radius 2 is 2.11 bits per heavy atom. The Hall–Kier alpha value is -3.19. The molecule has 0 saturated carbocycles. The van der Waals surface area contributed by atoms with E-state index in [1.54, 1.807) is 29.3 Å². The lowest BCUT2D eigenvalue weighted by Crippen LogP contribution is -2.36. The number of halogens is 1. The first kappa shape index (κ1) is 17.2. The molecule has 3 heterocycles. The van der Waals surface area contributed by atoms with Crippen LogP contribution in [0.2, 0.25) is 5.02 Å². The first-order valence-electron chi connectivity index (χ1n) is 8.47. The molecule has 7 nitrogen and oxygen atoms in total. The SMILES string of the molecule is O=C(Nc1cccnn1)N1CCCOc2ccc(-c3cccc(Cl)c3)nc21. The fourth-order valence-electron chi connectivity index (χ4n) is 2.80. The molecule has 2 amide bonds. The minimum Gasteiger partial charge on any atom is -0.490 e. The van der Waals surface area contributed by atoms with E-state index in [9.17, 15) is 4.79 Å². The number of carbonyl (C=O) groups excluding carboxylic acids is 1. The molecule has 2 aromatic heterocycles. The van der Waals surface area contributed by atoms with Gasteiger partial charge in [0.2, 0.25) is 0 Å². The maximum absolute atomic E-state index is 12.8. The second kappa shape index (κ2) is 7.59. The molecular formula is C19H16ClN5O2. The van der Waals surface area contributed by atoms with Crippen LogP contribution in [0.4, 0.5) is 16.4 Å². The monoisotopic (exact) mass is 381 g/mol. The Bertz CT molecular complexity index is 967. The van der Waals surface area contributed by atoms with Crippen molar-refractivity contribution in [1.82, 2.24) is 15.2 Å². The topological polar surface area (TPSA) is 80.2 Å². The number of aromatic nitrogens is 3. The predicted octanol–water partition coefficient (Wildman–Crippen LogP) is 4.01. The maximum Gasteiger partial charge on any atom is 0.328 e. The van der Waals surface area contributed by atoms with Gasteiger partial charge in [0.1, 0.15) is 0 Å². The van der Waals surface area contributed by atoms with E-state index in [2.05, 4.69) is 20.5 Å². The number of rotatable bonds is 2. The van der Waals surface area contributed by atoms with Crippen molar-refractivity contribution in [2.24, 2.45) is 0 Å². The van der Waals surface area contributed by atoms with Crippen LogP contribution in [0.15, 0.2) is 54.7 Å². The number of hydrogen-bond donors (Lipinski definition) is 1. The summed E-state index contributed by atoms with van der Waals surface area (Å²) in [7, 11) is 0. The van der Waals surface area contributed by atoms with E-state index < -0.39 is 0 Å². The Morgan fingerprint density at radius 1 is 1.19 bits per heavy atom. The molecule has 4 rings (SSSR count). The standard InChI is InChI=1S/C19H16ClN5O2/c20-14-5-1-4-13(12-14)15-7-8-16-18(22-15)25(10-3-11-27-16)19(26)23-17-6-2-9-21-24-17/h1-2,4-9,12H,3,10-11H2,(H,23,24,26). The summed E-state index contributed by atoms with van der Waals surface area (Å²) in [6.45, 7) is 0.991. The number of fused-ring (bicyclic) bond motifs is 1. The van der Waals surface area contributed by atoms with Crippen molar-refractivity contribution in [2.45, 2.75) is 6.42 Å². The lowest BCUT2D eigenvalue weighted by molar-refractivity contribution is 0.256. The number of nitrogens with zero attached hydrogens (tertiary/aromatic N) is 4. The number of anilines is 2. The molecule has 1 aromatic carbocycles. The molecule has 1 aliphatic rings. The fourth-order valence-corrected chi connectivity index (χ4v) is 2.99. The average molecular weight is 382 g/mol. The van der Waals surface area contributed by atoms with E-state index in [1.807, 2.05) is 30.3 Å². The number of pyridine rings is 1. The molecule has 136 valence electrons. The molecule has 0 atom stereocenters. The van der Waals surface area contributed by atoms with Gasteiger partial charge in [-0.2, -0.15) is 5.10 Å². The Labute approximate surface area is 161 Å². The van der Waals surface area contributed by atoms with Gasteiger partial charge in [0.05, 0.1) is 12.3 Å². The highest BCUT2D eigenvalue weighted by molar-refractivity contribution is 6.30. The predicted molar refractivity (Wildman–Crippen MR) is 103 cm³/mol. The molecular weight excluding hydrogens is 366 g/mol. The van der Waals surface area contributed by atoms with Crippen LogP contribution in [0.1, 0.15) is 6.42 Å². The third kappa shape index (κ3) is 3.83. The molecule has 0 saturated heterocycles. The first-order chi connectivity index (χ1) is 13.2. The van der Waals surface area contributed by atoms with Crippen molar-refractivity contribution in [3.63, 3.8) is 0 Å². The van der Waals surface area contributed by atoms with E-state index in [1.165, 1.54) is 0 Å². The van der Waals surface area contributed by atoms with E-state index in [4.69, 9.17) is 16.3 Å². The van der Waals surface area contributed by atoms with Crippen molar-refractivity contribution in [2.75, 3.05) is 23.4 Å². The summed E-state index contributed by atoms with van der Waals surface area (Å²) in [5.74, 6) is 1.40. The molecule has 0 fully saturated rings. The van der Waals surface area contributed by atoms with E-state index >= 15 is 0 Å². The van der Waals surface area contributed by atoms with Crippen LogP contribution >= 0.6 is 11.6 Å². The van der Waals surface area contributed by atoms with Crippen LogP contribution < -0.4 is 15.0 Å². The fraction of sp³-hybridized carbons (Fsp3) is 0.158. The third-order valence-electron chi connectivity index (χ3n) is 4.05. The maximum atomic E-state index is 12.8. The largest absolute Gasteiger partial charge is 0.490 e. The Kier molecular flexibility index (Phi) is 4.84. The molecule has 0 radical (unpaired) electrons. The van der Waals surface area contributed by atoms with E-state index in [0.717, 1.165) is 5.56 Å². The second-order valence-corrected chi connectivity index (χ2v) is 6.36. The smallest absolute Gasteiger partial charge is 0.328 e. The van der Waals surface area contributed by atoms with Gasteiger partial charge in [0.15, 0.2) is 17.4 Å². The highest BCUT2D eigenvalue weighted by atomic mass is 35.5. The molecule has 0 aliphatic carbocycles. The first-order valence-corrected chi connectivity index (χ1v) is 8.84. The van der Waals surface area contributed by atoms with Crippen molar-refractivity contribution < 1.29 is 9.53 Å². The van der Waals surface area contributed by atoms with E-state index in [-0.39, 0.29) is 6.03 Å². The molecule has 1 N–H and O–H groups in total. The molecule has 1 aliphatic heterocycles. The van der Waals surface area contributed by atoms with Gasteiger partial charge in [-0.25, -0.2) is 9.78 Å². The van der Waals surface area contributed by atoms with Gasteiger partial charge < -0.3 is 4.74 Å². The van der Waals surface area contributed by atoms with Gasteiger partial charge in [-0.15, -0.1) is 5.10 Å². The number of ether oxygens (including phenoxy) is 1. The van der Waals surface area contributed by atoms with Gasteiger partial charge in [-0.05, 0) is 42.8 Å².